The van der Waals surface area contributed by atoms with Gasteiger partial charge in [-0.25, -0.2) is 22.5 Å². The molecule has 8 heteroatoms. The van der Waals surface area contributed by atoms with Gasteiger partial charge in [0.25, 0.3) is 0 Å². The van der Waals surface area contributed by atoms with Gasteiger partial charge >= 0.3 is 0 Å². The van der Waals surface area contributed by atoms with E-state index in [0.717, 1.165) is 18.5 Å². The van der Waals surface area contributed by atoms with Crippen molar-refractivity contribution in [2.45, 2.75) is 38.3 Å². The summed E-state index contributed by atoms with van der Waals surface area (Å²) < 4.78 is 40.7. The minimum absolute atomic E-state index is 0.00912. The minimum Gasteiger partial charge on any atom is -0.370 e. The zero-order valence-electron chi connectivity index (χ0n) is 16.2. The van der Waals surface area contributed by atoms with Crippen molar-refractivity contribution in [3.63, 3.8) is 0 Å². The second-order valence-electron chi connectivity index (χ2n) is 6.91. The molecule has 0 saturated carbocycles. The molecule has 2 rings (SSSR count). The van der Waals surface area contributed by atoms with Crippen LogP contribution < -0.4 is 15.8 Å². The lowest BCUT2D eigenvalue weighted by atomic mass is 10.1. The van der Waals surface area contributed by atoms with Crippen molar-refractivity contribution in [1.82, 2.24) is 10.0 Å². The van der Waals surface area contributed by atoms with Crippen LogP contribution in [0.4, 0.5) is 4.39 Å². The SMILES string of the molecule is CC(C)CCNC(N)=NCc1cccc(S(=O)(=O)NCc2cccc(F)c2)c1. The molecule has 152 valence electrons. The number of rotatable bonds is 9. The van der Waals surface area contributed by atoms with Crippen LogP contribution in [0, 0.1) is 11.7 Å². The Labute approximate surface area is 166 Å². The van der Waals surface area contributed by atoms with Gasteiger partial charge in [0.05, 0.1) is 11.4 Å². The quantitative estimate of drug-likeness (QED) is 0.441. The molecule has 0 aliphatic heterocycles. The minimum atomic E-state index is -3.72. The summed E-state index contributed by atoms with van der Waals surface area (Å²) >= 11 is 0. The van der Waals surface area contributed by atoms with E-state index in [4.69, 9.17) is 5.73 Å². The van der Waals surface area contributed by atoms with E-state index in [1.165, 1.54) is 24.3 Å². The van der Waals surface area contributed by atoms with Gasteiger partial charge in [-0.1, -0.05) is 38.1 Å². The van der Waals surface area contributed by atoms with E-state index in [-0.39, 0.29) is 18.0 Å². The molecule has 0 heterocycles. The van der Waals surface area contributed by atoms with E-state index < -0.39 is 15.8 Å². The van der Waals surface area contributed by atoms with Crippen LogP contribution in [-0.2, 0) is 23.1 Å². The molecule has 0 aromatic heterocycles. The highest BCUT2D eigenvalue weighted by Crippen LogP contribution is 2.13. The molecule has 2 aromatic rings. The van der Waals surface area contributed by atoms with Crippen molar-refractivity contribution in [3.05, 3.63) is 65.5 Å². The second kappa shape index (κ2) is 10.2. The van der Waals surface area contributed by atoms with Gasteiger partial charge in [-0.2, -0.15) is 0 Å². The van der Waals surface area contributed by atoms with Gasteiger partial charge in [-0.3, -0.25) is 0 Å². The first-order valence-corrected chi connectivity index (χ1v) is 10.6. The molecule has 28 heavy (non-hydrogen) atoms. The number of aliphatic imine (C=N–C) groups is 1. The van der Waals surface area contributed by atoms with Crippen LogP contribution in [0.25, 0.3) is 0 Å². The molecule has 0 bridgehead atoms. The summed E-state index contributed by atoms with van der Waals surface area (Å²) in [5.74, 6) is 0.497. The average molecular weight is 407 g/mol. The Hall–Kier alpha value is -2.45. The smallest absolute Gasteiger partial charge is 0.240 e. The highest BCUT2D eigenvalue weighted by Gasteiger charge is 2.14. The molecule has 0 spiro atoms. The Bertz CT molecular complexity index is 914. The molecule has 4 N–H and O–H groups in total. The van der Waals surface area contributed by atoms with Crippen LogP contribution in [0.15, 0.2) is 58.4 Å². The first-order chi connectivity index (χ1) is 13.3. The number of guanidine groups is 1. The Morgan fingerprint density at radius 1 is 1.14 bits per heavy atom. The summed E-state index contributed by atoms with van der Waals surface area (Å²) in [6, 6.07) is 12.3. The molecule has 0 fully saturated rings. The van der Waals surface area contributed by atoms with Gasteiger partial charge in [0, 0.05) is 13.1 Å². The normalized spacial score (nSPS) is 12.4. The van der Waals surface area contributed by atoms with Gasteiger partial charge in [0.1, 0.15) is 5.82 Å². The maximum atomic E-state index is 13.2. The molecule has 0 amide bonds. The number of halogens is 1. The number of hydrogen-bond donors (Lipinski definition) is 3. The molecule has 0 aliphatic carbocycles. The van der Waals surface area contributed by atoms with Crippen molar-refractivity contribution in [2.75, 3.05) is 6.54 Å². The Morgan fingerprint density at radius 2 is 1.86 bits per heavy atom. The fraction of sp³-hybridized carbons (Fsp3) is 0.350. The Balaban J connectivity index is 1.98. The predicted octanol–water partition coefficient (Wildman–Crippen LogP) is 2.75. The highest BCUT2D eigenvalue weighted by atomic mass is 32.2. The molecular weight excluding hydrogens is 379 g/mol. The summed E-state index contributed by atoms with van der Waals surface area (Å²) in [6.07, 6.45) is 0.987. The number of nitrogens with one attached hydrogen (secondary N) is 2. The molecule has 0 atom stereocenters. The molecular formula is C20H27FN4O2S. The molecule has 6 nitrogen and oxygen atoms in total. The van der Waals surface area contributed by atoms with Crippen molar-refractivity contribution < 1.29 is 12.8 Å². The van der Waals surface area contributed by atoms with E-state index in [1.54, 1.807) is 24.3 Å². The lowest BCUT2D eigenvalue weighted by molar-refractivity contribution is 0.576. The molecule has 0 aliphatic rings. The van der Waals surface area contributed by atoms with E-state index >= 15 is 0 Å². The largest absolute Gasteiger partial charge is 0.370 e. The van der Waals surface area contributed by atoms with Gasteiger partial charge < -0.3 is 11.1 Å². The third kappa shape index (κ3) is 7.28. The Morgan fingerprint density at radius 3 is 2.57 bits per heavy atom. The lowest BCUT2D eigenvalue weighted by Gasteiger charge is -2.09. The van der Waals surface area contributed by atoms with E-state index in [0.29, 0.717) is 17.4 Å². The topological polar surface area (TPSA) is 96.6 Å². The predicted molar refractivity (Wildman–Crippen MR) is 110 cm³/mol. The van der Waals surface area contributed by atoms with Crippen molar-refractivity contribution >= 4 is 16.0 Å². The van der Waals surface area contributed by atoms with Gasteiger partial charge in [-0.15, -0.1) is 0 Å². The van der Waals surface area contributed by atoms with Crippen molar-refractivity contribution in [1.29, 1.82) is 0 Å². The maximum absolute atomic E-state index is 13.2. The van der Waals surface area contributed by atoms with E-state index in [9.17, 15) is 12.8 Å². The third-order valence-corrected chi connectivity index (χ3v) is 5.42. The van der Waals surface area contributed by atoms with Crippen LogP contribution in [-0.4, -0.2) is 20.9 Å². The maximum Gasteiger partial charge on any atom is 0.240 e. The molecule has 0 unspecified atom stereocenters. The number of nitrogens with zero attached hydrogens (tertiary/aromatic N) is 1. The summed E-state index contributed by atoms with van der Waals surface area (Å²) in [5.41, 5.74) is 7.10. The zero-order valence-corrected chi connectivity index (χ0v) is 17.0. The number of nitrogens with two attached hydrogens (primary N) is 1. The molecule has 0 radical (unpaired) electrons. The van der Waals surface area contributed by atoms with Crippen LogP contribution in [0.3, 0.4) is 0 Å². The monoisotopic (exact) mass is 406 g/mol. The Kier molecular flexibility index (Phi) is 7.95. The van der Waals surface area contributed by atoms with Gasteiger partial charge in [0.15, 0.2) is 5.96 Å². The first kappa shape index (κ1) is 21.8. The van der Waals surface area contributed by atoms with E-state index in [2.05, 4.69) is 28.9 Å². The summed E-state index contributed by atoms with van der Waals surface area (Å²) in [5, 5.41) is 3.04. The number of hydrogen-bond acceptors (Lipinski definition) is 3. The highest BCUT2D eigenvalue weighted by molar-refractivity contribution is 7.89. The summed E-state index contributed by atoms with van der Waals surface area (Å²) in [7, 11) is -3.72. The van der Waals surface area contributed by atoms with Gasteiger partial charge in [0.2, 0.25) is 10.0 Å². The standard InChI is InChI=1S/C20H27FN4O2S/c1-15(2)9-10-23-20(22)24-13-17-6-4-8-19(12-17)28(26,27)25-14-16-5-3-7-18(21)11-16/h3-8,11-12,15,25H,9-10,13-14H2,1-2H3,(H3,22,23,24). The van der Waals surface area contributed by atoms with Crippen LogP contribution >= 0.6 is 0 Å². The fourth-order valence-electron chi connectivity index (χ4n) is 2.44. The molecule has 2 aromatic carbocycles. The van der Waals surface area contributed by atoms with Crippen molar-refractivity contribution in [2.24, 2.45) is 16.6 Å². The fourth-order valence-corrected chi connectivity index (χ4v) is 3.53. The van der Waals surface area contributed by atoms with Crippen molar-refractivity contribution in [3.8, 4) is 0 Å². The number of sulfonamides is 1. The summed E-state index contributed by atoms with van der Waals surface area (Å²) in [6.45, 7) is 5.28. The third-order valence-electron chi connectivity index (χ3n) is 4.02. The van der Waals surface area contributed by atoms with Crippen LogP contribution in [0.1, 0.15) is 31.4 Å². The van der Waals surface area contributed by atoms with Crippen LogP contribution in [0.2, 0.25) is 0 Å². The van der Waals surface area contributed by atoms with Crippen LogP contribution in [0.5, 0.6) is 0 Å². The lowest BCUT2D eigenvalue weighted by Crippen LogP contribution is -2.32. The second-order valence-corrected chi connectivity index (χ2v) is 8.68. The zero-order chi connectivity index (χ0) is 20.6. The average Bonchev–Trinajstić information content (AvgIpc) is 2.65. The van der Waals surface area contributed by atoms with E-state index in [1.807, 2.05) is 0 Å². The first-order valence-electron chi connectivity index (χ1n) is 9.13. The molecule has 0 saturated heterocycles. The van der Waals surface area contributed by atoms with Gasteiger partial charge in [-0.05, 0) is 47.7 Å². The number of benzene rings is 2. The summed E-state index contributed by atoms with van der Waals surface area (Å²) in [4.78, 5) is 4.37.